The highest BCUT2D eigenvalue weighted by molar-refractivity contribution is 6.30. The molecule has 0 fully saturated rings. The normalized spacial score (nSPS) is 12.4. The maximum Gasteiger partial charge on any atom is 0.191 e. The lowest BCUT2D eigenvalue weighted by molar-refractivity contribution is 0.0174. The van der Waals surface area contributed by atoms with Crippen molar-refractivity contribution in [2.24, 2.45) is 0 Å². The van der Waals surface area contributed by atoms with Crippen molar-refractivity contribution in [3.8, 4) is 0 Å². The molecule has 0 radical (unpaired) electrons. The topological polar surface area (TPSA) is 35.5 Å². The van der Waals surface area contributed by atoms with Crippen molar-refractivity contribution in [3.63, 3.8) is 0 Å². The summed E-state index contributed by atoms with van der Waals surface area (Å²) < 4.78 is 10.5. The summed E-state index contributed by atoms with van der Waals surface area (Å²) in [4.78, 5) is 11.9. The molecule has 3 nitrogen and oxygen atoms in total. The van der Waals surface area contributed by atoms with Gasteiger partial charge < -0.3 is 9.47 Å². The number of hydrogen-bond acceptors (Lipinski definition) is 3. The van der Waals surface area contributed by atoms with Crippen molar-refractivity contribution in [1.82, 2.24) is 0 Å². The molecule has 0 aromatic heterocycles. The van der Waals surface area contributed by atoms with Crippen LogP contribution in [0.15, 0.2) is 24.3 Å². The second-order valence-corrected chi connectivity index (χ2v) is 4.02. The molecule has 0 aliphatic carbocycles. The van der Waals surface area contributed by atoms with Gasteiger partial charge in [-0.3, -0.25) is 4.79 Å². The van der Waals surface area contributed by atoms with E-state index in [1.165, 1.54) is 0 Å². The first-order valence-corrected chi connectivity index (χ1v) is 6.02. The monoisotopic (exact) mass is 256 g/mol. The molecular formula is C13H17ClO3. The Bertz CT molecular complexity index is 348. The molecule has 0 heterocycles. The van der Waals surface area contributed by atoms with Gasteiger partial charge in [-0.15, -0.1) is 0 Å². The predicted octanol–water partition coefficient (Wildman–Crippen LogP) is 2.96. The second-order valence-electron chi connectivity index (χ2n) is 3.58. The molecule has 1 unspecified atom stereocenters. The number of hydrogen-bond donors (Lipinski definition) is 0. The van der Waals surface area contributed by atoms with Crippen LogP contribution < -0.4 is 0 Å². The summed E-state index contributed by atoms with van der Waals surface area (Å²) in [6.45, 7) is 5.25. The number of benzene rings is 1. The van der Waals surface area contributed by atoms with Crippen molar-refractivity contribution < 1.29 is 14.3 Å². The average Bonchev–Trinajstić information content (AvgIpc) is 2.34. The van der Waals surface area contributed by atoms with Crippen LogP contribution in [0.4, 0.5) is 0 Å². The molecular weight excluding hydrogens is 240 g/mol. The molecule has 0 bridgehead atoms. The van der Waals surface area contributed by atoms with Gasteiger partial charge in [-0.05, 0) is 38.1 Å². The van der Waals surface area contributed by atoms with Gasteiger partial charge in [0.15, 0.2) is 5.78 Å². The second kappa shape index (κ2) is 7.43. The van der Waals surface area contributed by atoms with E-state index in [9.17, 15) is 4.79 Å². The Kier molecular flexibility index (Phi) is 6.19. The van der Waals surface area contributed by atoms with Crippen molar-refractivity contribution in [3.05, 3.63) is 34.9 Å². The molecule has 4 heteroatoms. The van der Waals surface area contributed by atoms with Crippen molar-refractivity contribution >= 4 is 17.4 Å². The minimum atomic E-state index is -0.461. The Morgan fingerprint density at radius 1 is 1.29 bits per heavy atom. The van der Waals surface area contributed by atoms with Crippen molar-refractivity contribution in [2.45, 2.75) is 20.0 Å². The fraction of sp³-hybridized carbons (Fsp3) is 0.462. The fourth-order valence-electron chi connectivity index (χ4n) is 1.35. The largest absolute Gasteiger partial charge is 0.379 e. The maximum atomic E-state index is 11.9. The minimum Gasteiger partial charge on any atom is -0.379 e. The van der Waals surface area contributed by atoms with Crippen LogP contribution in [0.25, 0.3) is 0 Å². The zero-order valence-electron chi connectivity index (χ0n) is 10.1. The van der Waals surface area contributed by atoms with Gasteiger partial charge in [-0.25, -0.2) is 0 Å². The summed E-state index contributed by atoms with van der Waals surface area (Å²) >= 11 is 5.76. The Balaban J connectivity index is 2.43. The Hall–Kier alpha value is -0.900. The third-order valence-corrected chi connectivity index (χ3v) is 2.55. The molecule has 0 aliphatic heterocycles. The third kappa shape index (κ3) is 4.86. The van der Waals surface area contributed by atoms with Crippen molar-refractivity contribution in [1.29, 1.82) is 0 Å². The van der Waals surface area contributed by atoms with Gasteiger partial charge in [0.1, 0.15) is 6.10 Å². The summed E-state index contributed by atoms with van der Waals surface area (Å²) in [5.74, 6) is -0.0434. The lowest BCUT2D eigenvalue weighted by Crippen LogP contribution is -2.22. The maximum absolute atomic E-state index is 11.9. The Morgan fingerprint density at radius 3 is 2.53 bits per heavy atom. The molecule has 0 spiro atoms. The smallest absolute Gasteiger partial charge is 0.191 e. The molecule has 0 saturated carbocycles. The number of carbonyl (C=O) groups is 1. The minimum absolute atomic E-state index is 0.0434. The SMILES string of the molecule is CCOCCOC(C)C(=O)c1ccc(Cl)cc1. The predicted molar refractivity (Wildman–Crippen MR) is 67.7 cm³/mol. The van der Waals surface area contributed by atoms with E-state index in [1.807, 2.05) is 6.92 Å². The zero-order chi connectivity index (χ0) is 12.7. The fourth-order valence-corrected chi connectivity index (χ4v) is 1.48. The average molecular weight is 257 g/mol. The van der Waals surface area contributed by atoms with Crippen LogP contribution in [0.2, 0.25) is 5.02 Å². The molecule has 94 valence electrons. The van der Waals surface area contributed by atoms with Crippen LogP contribution in [-0.2, 0) is 9.47 Å². The molecule has 0 amide bonds. The highest BCUT2D eigenvalue weighted by Gasteiger charge is 2.15. The van der Waals surface area contributed by atoms with Crippen LogP contribution in [0.1, 0.15) is 24.2 Å². The number of ether oxygens (including phenoxy) is 2. The number of ketones is 1. The molecule has 17 heavy (non-hydrogen) atoms. The van der Waals surface area contributed by atoms with E-state index in [-0.39, 0.29) is 5.78 Å². The Labute approximate surface area is 107 Å². The summed E-state index contributed by atoms with van der Waals surface area (Å²) in [5.41, 5.74) is 0.610. The van der Waals surface area contributed by atoms with Crippen LogP contribution >= 0.6 is 11.6 Å². The van der Waals surface area contributed by atoms with E-state index in [0.717, 1.165) is 0 Å². The first-order valence-electron chi connectivity index (χ1n) is 5.64. The van der Waals surface area contributed by atoms with E-state index in [4.69, 9.17) is 21.1 Å². The Morgan fingerprint density at radius 2 is 1.94 bits per heavy atom. The van der Waals surface area contributed by atoms with E-state index in [2.05, 4.69) is 0 Å². The van der Waals surface area contributed by atoms with Crippen molar-refractivity contribution in [2.75, 3.05) is 19.8 Å². The van der Waals surface area contributed by atoms with E-state index < -0.39 is 6.10 Å². The van der Waals surface area contributed by atoms with Gasteiger partial charge in [-0.2, -0.15) is 0 Å². The molecule has 0 N–H and O–H groups in total. The number of carbonyl (C=O) groups excluding carboxylic acids is 1. The van der Waals surface area contributed by atoms with Gasteiger partial charge in [0.25, 0.3) is 0 Å². The molecule has 1 rings (SSSR count). The molecule has 0 saturated heterocycles. The van der Waals surface area contributed by atoms with E-state index in [1.54, 1.807) is 31.2 Å². The van der Waals surface area contributed by atoms with Gasteiger partial charge in [0.05, 0.1) is 13.2 Å². The van der Waals surface area contributed by atoms with Gasteiger partial charge in [0.2, 0.25) is 0 Å². The molecule has 1 atom stereocenters. The van der Waals surface area contributed by atoms with Gasteiger partial charge in [-0.1, -0.05) is 11.6 Å². The number of Topliss-reactive ketones (excluding diaryl/α,β-unsaturated/α-hetero) is 1. The standard InChI is InChI=1S/C13H17ClO3/c1-3-16-8-9-17-10(2)13(15)11-4-6-12(14)7-5-11/h4-7,10H,3,8-9H2,1-2H3. The number of halogens is 1. The molecule has 1 aromatic rings. The first-order chi connectivity index (χ1) is 8.15. The van der Waals surface area contributed by atoms with Crippen LogP contribution in [-0.4, -0.2) is 31.7 Å². The van der Waals surface area contributed by atoms with Gasteiger partial charge >= 0.3 is 0 Å². The highest BCUT2D eigenvalue weighted by Crippen LogP contribution is 2.12. The highest BCUT2D eigenvalue weighted by atomic mass is 35.5. The molecule has 1 aromatic carbocycles. The lowest BCUT2D eigenvalue weighted by atomic mass is 10.1. The zero-order valence-corrected chi connectivity index (χ0v) is 10.9. The number of rotatable bonds is 7. The summed E-state index contributed by atoms with van der Waals surface area (Å²) in [6, 6.07) is 6.80. The van der Waals surface area contributed by atoms with E-state index in [0.29, 0.717) is 30.4 Å². The summed E-state index contributed by atoms with van der Waals surface area (Å²) in [5, 5.41) is 0.617. The van der Waals surface area contributed by atoms with Crippen LogP contribution in [0, 0.1) is 0 Å². The third-order valence-electron chi connectivity index (χ3n) is 2.30. The van der Waals surface area contributed by atoms with Crippen LogP contribution in [0.5, 0.6) is 0 Å². The van der Waals surface area contributed by atoms with Gasteiger partial charge in [0, 0.05) is 17.2 Å². The quantitative estimate of drug-likeness (QED) is 0.556. The summed E-state index contributed by atoms with van der Waals surface area (Å²) in [6.07, 6.45) is -0.461. The summed E-state index contributed by atoms with van der Waals surface area (Å²) in [7, 11) is 0. The lowest BCUT2D eigenvalue weighted by Gasteiger charge is -2.12. The van der Waals surface area contributed by atoms with E-state index >= 15 is 0 Å². The molecule has 0 aliphatic rings. The first kappa shape index (κ1) is 14.2. The van der Waals surface area contributed by atoms with Crippen LogP contribution in [0.3, 0.4) is 0 Å².